The number of thioether (sulfide) groups is 1. The summed E-state index contributed by atoms with van der Waals surface area (Å²) in [4.78, 5) is 33.9. The predicted molar refractivity (Wildman–Crippen MR) is 121 cm³/mol. The van der Waals surface area contributed by atoms with E-state index in [0.717, 1.165) is 25.7 Å². The number of carboxylic acids is 1. The molecule has 0 aliphatic carbocycles. The van der Waals surface area contributed by atoms with Crippen molar-refractivity contribution in [2.24, 2.45) is 0 Å². The van der Waals surface area contributed by atoms with Crippen LogP contribution >= 0.6 is 11.8 Å². The fraction of sp³-hybridized carbons (Fsp3) is 0.591. The molecule has 30 heavy (non-hydrogen) atoms. The Kier molecular flexibility index (Phi) is 15.6. The van der Waals surface area contributed by atoms with Crippen LogP contribution in [0.1, 0.15) is 66.2 Å². The van der Waals surface area contributed by atoms with E-state index in [4.69, 9.17) is 10.3 Å². The van der Waals surface area contributed by atoms with Gasteiger partial charge >= 0.3 is 5.97 Å². The van der Waals surface area contributed by atoms with Gasteiger partial charge in [-0.05, 0) is 53.4 Å². The Morgan fingerprint density at radius 2 is 1.50 bits per heavy atom. The highest BCUT2D eigenvalue weighted by molar-refractivity contribution is 7.99. The Bertz CT molecular complexity index is 652. The highest BCUT2D eigenvalue weighted by atomic mass is 32.2. The first kappa shape index (κ1) is 27.9. The number of allylic oxidation sites excluding steroid dienone is 5. The van der Waals surface area contributed by atoms with Gasteiger partial charge in [-0.2, -0.15) is 11.8 Å². The lowest BCUT2D eigenvalue weighted by molar-refractivity contribution is -0.139. The molecule has 1 atom stereocenters. The first-order valence-corrected chi connectivity index (χ1v) is 11.3. The van der Waals surface area contributed by atoms with Gasteiger partial charge in [0.1, 0.15) is 6.04 Å². The van der Waals surface area contributed by atoms with Gasteiger partial charge in [-0.1, -0.05) is 34.9 Å². The summed E-state index contributed by atoms with van der Waals surface area (Å²) in [6.45, 7) is 8.44. The Morgan fingerprint density at radius 3 is 2.07 bits per heavy atom. The van der Waals surface area contributed by atoms with Crippen LogP contribution in [0, 0.1) is 0 Å². The number of nitrogens with one attached hydrogen (secondary N) is 2. The van der Waals surface area contributed by atoms with Crippen LogP contribution in [-0.2, 0) is 14.4 Å². The molecule has 8 heteroatoms. The maximum absolute atomic E-state index is 11.7. The zero-order valence-corrected chi connectivity index (χ0v) is 19.3. The van der Waals surface area contributed by atoms with Gasteiger partial charge in [0.05, 0.1) is 6.42 Å². The second-order valence-electron chi connectivity index (χ2n) is 7.49. The second kappa shape index (κ2) is 16.7. The van der Waals surface area contributed by atoms with Crippen molar-refractivity contribution in [2.45, 2.75) is 72.3 Å². The normalized spacial score (nSPS) is 12.8. The number of carboxylic acid groups (broad SMARTS) is 1. The van der Waals surface area contributed by atoms with Crippen molar-refractivity contribution in [3.8, 4) is 0 Å². The van der Waals surface area contributed by atoms with E-state index >= 15 is 0 Å². The molecule has 2 amide bonds. The number of hydrogen-bond acceptors (Lipinski definition) is 5. The van der Waals surface area contributed by atoms with Gasteiger partial charge in [-0.3, -0.25) is 19.6 Å². The SMILES string of the molecule is CC(C)=CCCC(C)=CCCC(C)=CCSCC(NC(=O)CCC(=O)O)C(=O)NO. The van der Waals surface area contributed by atoms with E-state index in [9.17, 15) is 14.4 Å². The lowest BCUT2D eigenvalue weighted by Crippen LogP contribution is -2.47. The van der Waals surface area contributed by atoms with Crippen LogP contribution in [0.3, 0.4) is 0 Å². The molecule has 1 unspecified atom stereocenters. The number of rotatable bonds is 15. The first-order valence-electron chi connectivity index (χ1n) is 10.1. The van der Waals surface area contributed by atoms with Gasteiger partial charge in [0.15, 0.2) is 0 Å². The molecule has 0 aromatic rings. The minimum absolute atomic E-state index is 0.213. The number of carbonyl (C=O) groups excluding carboxylic acids is 2. The molecular formula is C22H36N2O5S. The van der Waals surface area contributed by atoms with Gasteiger partial charge in [-0.15, -0.1) is 0 Å². The molecule has 0 radical (unpaired) electrons. The highest BCUT2D eigenvalue weighted by Crippen LogP contribution is 2.13. The molecule has 0 spiro atoms. The quantitative estimate of drug-likeness (QED) is 0.132. The molecule has 7 nitrogen and oxygen atoms in total. The molecule has 0 bridgehead atoms. The van der Waals surface area contributed by atoms with Crippen LogP contribution in [0.4, 0.5) is 0 Å². The van der Waals surface area contributed by atoms with Crippen LogP contribution in [-0.4, -0.2) is 45.6 Å². The van der Waals surface area contributed by atoms with Crippen molar-refractivity contribution < 1.29 is 24.7 Å². The number of carbonyl (C=O) groups is 3. The lowest BCUT2D eigenvalue weighted by atomic mass is 10.1. The Labute approximate surface area is 184 Å². The largest absolute Gasteiger partial charge is 0.481 e. The fourth-order valence-corrected chi connectivity index (χ4v) is 3.48. The van der Waals surface area contributed by atoms with E-state index in [1.165, 1.54) is 34.0 Å². The summed E-state index contributed by atoms with van der Waals surface area (Å²) in [5.74, 6) is -1.39. The molecule has 0 aromatic heterocycles. The fourth-order valence-electron chi connectivity index (χ4n) is 2.47. The summed E-state index contributed by atoms with van der Waals surface area (Å²) in [6, 6.07) is -0.915. The third kappa shape index (κ3) is 15.8. The maximum atomic E-state index is 11.7. The van der Waals surface area contributed by atoms with Gasteiger partial charge in [0.25, 0.3) is 5.91 Å². The molecule has 0 aromatic carbocycles. The zero-order chi connectivity index (χ0) is 22.9. The average molecular weight is 441 g/mol. The van der Waals surface area contributed by atoms with Gasteiger partial charge in [-0.25, -0.2) is 5.48 Å². The predicted octanol–water partition coefficient (Wildman–Crippen LogP) is 3.99. The highest BCUT2D eigenvalue weighted by Gasteiger charge is 2.20. The summed E-state index contributed by atoms with van der Waals surface area (Å²) < 4.78 is 0. The van der Waals surface area contributed by atoms with Crippen molar-refractivity contribution in [1.82, 2.24) is 10.8 Å². The minimum atomic E-state index is -1.08. The van der Waals surface area contributed by atoms with Crippen molar-refractivity contribution in [1.29, 1.82) is 0 Å². The third-order valence-corrected chi connectivity index (χ3v) is 5.26. The molecule has 0 rings (SSSR count). The smallest absolute Gasteiger partial charge is 0.303 e. The van der Waals surface area contributed by atoms with E-state index in [1.54, 1.807) is 0 Å². The number of hydroxylamine groups is 1. The van der Waals surface area contributed by atoms with Crippen molar-refractivity contribution in [2.75, 3.05) is 11.5 Å². The summed E-state index contributed by atoms with van der Waals surface area (Å²) in [5, 5.41) is 19.9. The molecule has 0 aliphatic rings. The third-order valence-electron chi connectivity index (χ3n) is 4.28. The van der Waals surface area contributed by atoms with Crippen LogP contribution in [0.5, 0.6) is 0 Å². The molecule has 0 saturated heterocycles. The average Bonchev–Trinajstić information content (AvgIpc) is 2.67. The van der Waals surface area contributed by atoms with E-state index in [2.05, 4.69) is 51.2 Å². The van der Waals surface area contributed by atoms with Gasteiger partial charge in [0.2, 0.25) is 5.91 Å². The molecule has 0 fully saturated rings. The Balaban J connectivity index is 4.32. The van der Waals surface area contributed by atoms with Crippen molar-refractivity contribution >= 4 is 29.5 Å². The van der Waals surface area contributed by atoms with Crippen molar-refractivity contribution in [3.05, 3.63) is 34.9 Å². The van der Waals surface area contributed by atoms with Gasteiger partial charge < -0.3 is 10.4 Å². The van der Waals surface area contributed by atoms with E-state index in [1.807, 2.05) is 0 Å². The van der Waals surface area contributed by atoms with Crippen LogP contribution in [0.15, 0.2) is 34.9 Å². The monoisotopic (exact) mass is 440 g/mol. The first-order chi connectivity index (χ1) is 14.1. The number of amides is 2. The van der Waals surface area contributed by atoms with Crippen LogP contribution in [0.2, 0.25) is 0 Å². The second-order valence-corrected chi connectivity index (χ2v) is 8.56. The lowest BCUT2D eigenvalue weighted by Gasteiger charge is -2.16. The molecule has 0 heterocycles. The zero-order valence-electron chi connectivity index (χ0n) is 18.5. The molecular weight excluding hydrogens is 404 g/mol. The summed E-state index contributed by atoms with van der Waals surface area (Å²) in [5.41, 5.74) is 5.53. The number of hydrogen-bond donors (Lipinski definition) is 4. The van der Waals surface area contributed by atoms with Crippen LogP contribution < -0.4 is 10.8 Å². The topological polar surface area (TPSA) is 116 Å². The standard InChI is InChI=1S/C22H36N2O5S/c1-16(2)7-5-8-17(3)9-6-10-18(4)13-14-30-15-19(22(28)24-29)23-20(25)11-12-21(26)27/h7,9,13,19,29H,5-6,8,10-12,14-15H2,1-4H3,(H,23,25)(H,24,28)(H,26,27). The molecule has 170 valence electrons. The molecule has 0 aliphatic heterocycles. The summed E-state index contributed by atoms with van der Waals surface area (Å²) in [6.07, 6.45) is 10.2. The molecule has 0 saturated carbocycles. The summed E-state index contributed by atoms with van der Waals surface area (Å²) in [7, 11) is 0. The maximum Gasteiger partial charge on any atom is 0.303 e. The van der Waals surface area contributed by atoms with E-state index < -0.39 is 23.8 Å². The Morgan fingerprint density at radius 1 is 0.900 bits per heavy atom. The molecule has 4 N–H and O–H groups in total. The minimum Gasteiger partial charge on any atom is -0.481 e. The van der Waals surface area contributed by atoms with E-state index in [-0.39, 0.29) is 18.6 Å². The summed E-state index contributed by atoms with van der Waals surface area (Å²) >= 11 is 1.45. The van der Waals surface area contributed by atoms with E-state index in [0.29, 0.717) is 5.75 Å². The van der Waals surface area contributed by atoms with Crippen molar-refractivity contribution in [3.63, 3.8) is 0 Å². The van der Waals surface area contributed by atoms with Gasteiger partial charge in [0, 0.05) is 17.9 Å². The number of aliphatic carboxylic acids is 1. The van der Waals surface area contributed by atoms with Crippen LogP contribution in [0.25, 0.3) is 0 Å². The Hall–Kier alpha value is -2.06.